The normalized spacial score (nSPS) is 15.7. The number of nitrogens with two attached hydrogens (primary N) is 1. The standard InChI is InChI=1S/C11H23N3O/c1-2-8-14(10-6-7-10)9-4-3-5-11(15)13-12/h10H,2-9,12H2,1H3,(H,13,15). The first-order valence-corrected chi connectivity index (χ1v) is 6.01. The molecule has 0 saturated heterocycles. The molecule has 4 nitrogen and oxygen atoms in total. The molecule has 1 rings (SSSR count). The minimum Gasteiger partial charge on any atom is -0.300 e. The van der Waals surface area contributed by atoms with Gasteiger partial charge in [-0.3, -0.25) is 10.2 Å². The van der Waals surface area contributed by atoms with Gasteiger partial charge in [-0.2, -0.15) is 0 Å². The van der Waals surface area contributed by atoms with Gasteiger partial charge in [0.25, 0.3) is 0 Å². The highest BCUT2D eigenvalue weighted by atomic mass is 16.2. The zero-order valence-corrected chi connectivity index (χ0v) is 9.67. The molecule has 1 fully saturated rings. The van der Waals surface area contributed by atoms with Crippen molar-refractivity contribution in [1.82, 2.24) is 10.3 Å². The van der Waals surface area contributed by atoms with E-state index in [2.05, 4.69) is 17.2 Å². The van der Waals surface area contributed by atoms with Crippen LogP contribution in [-0.2, 0) is 4.79 Å². The molecule has 0 unspecified atom stereocenters. The van der Waals surface area contributed by atoms with Crippen molar-refractivity contribution < 1.29 is 4.79 Å². The Morgan fingerprint density at radius 2 is 2.13 bits per heavy atom. The minimum absolute atomic E-state index is 0.0523. The van der Waals surface area contributed by atoms with E-state index in [1.54, 1.807) is 0 Å². The van der Waals surface area contributed by atoms with Gasteiger partial charge in [0.1, 0.15) is 0 Å². The van der Waals surface area contributed by atoms with Crippen LogP contribution >= 0.6 is 0 Å². The smallest absolute Gasteiger partial charge is 0.233 e. The summed E-state index contributed by atoms with van der Waals surface area (Å²) in [6.45, 7) is 4.56. The summed E-state index contributed by atoms with van der Waals surface area (Å²) in [6.07, 6.45) is 6.55. The third-order valence-corrected chi connectivity index (χ3v) is 2.83. The summed E-state index contributed by atoms with van der Waals surface area (Å²) in [7, 11) is 0. The van der Waals surface area contributed by atoms with Gasteiger partial charge in [0.15, 0.2) is 0 Å². The molecule has 0 aliphatic heterocycles. The second kappa shape index (κ2) is 6.80. The number of carbonyl (C=O) groups is 1. The van der Waals surface area contributed by atoms with E-state index in [4.69, 9.17) is 5.84 Å². The van der Waals surface area contributed by atoms with Gasteiger partial charge in [-0.1, -0.05) is 6.92 Å². The van der Waals surface area contributed by atoms with Crippen molar-refractivity contribution in [2.24, 2.45) is 5.84 Å². The van der Waals surface area contributed by atoms with Crippen LogP contribution < -0.4 is 11.3 Å². The Balaban J connectivity index is 2.03. The zero-order chi connectivity index (χ0) is 11.1. The number of hydrogen-bond donors (Lipinski definition) is 2. The van der Waals surface area contributed by atoms with Gasteiger partial charge in [0.05, 0.1) is 0 Å². The zero-order valence-electron chi connectivity index (χ0n) is 9.67. The van der Waals surface area contributed by atoms with Gasteiger partial charge < -0.3 is 4.90 Å². The second-order valence-electron chi connectivity index (χ2n) is 4.29. The van der Waals surface area contributed by atoms with Crippen LogP contribution in [-0.4, -0.2) is 29.9 Å². The summed E-state index contributed by atoms with van der Waals surface area (Å²) in [6, 6.07) is 0.841. The van der Waals surface area contributed by atoms with Gasteiger partial charge in [0.2, 0.25) is 5.91 Å². The van der Waals surface area contributed by atoms with Crippen molar-refractivity contribution in [3.05, 3.63) is 0 Å². The van der Waals surface area contributed by atoms with Crippen molar-refractivity contribution in [3.8, 4) is 0 Å². The average Bonchev–Trinajstić information content (AvgIpc) is 3.06. The molecule has 1 aliphatic rings. The molecule has 3 N–H and O–H groups in total. The lowest BCUT2D eigenvalue weighted by Gasteiger charge is -2.20. The Morgan fingerprint density at radius 3 is 2.67 bits per heavy atom. The highest BCUT2D eigenvalue weighted by Crippen LogP contribution is 2.27. The third kappa shape index (κ3) is 5.14. The van der Waals surface area contributed by atoms with Crippen molar-refractivity contribution in [2.45, 2.75) is 51.5 Å². The monoisotopic (exact) mass is 213 g/mol. The Hall–Kier alpha value is -0.610. The van der Waals surface area contributed by atoms with Crippen LogP contribution in [0.25, 0.3) is 0 Å². The molecule has 88 valence electrons. The van der Waals surface area contributed by atoms with E-state index in [0.29, 0.717) is 6.42 Å². The van der Waals surface area contributed by atoms with Gasteiger partial charge >= 0.3 is 0 Å². The number of amides is 1. The first kappa shape index (κ1) is 12.5. The topological polar surface area (TPSA) is 58.4 Å². The first-order chi connectivity index (χ1) is 7.27. The fraction of sp³-hybridized carbons (Fsp3) is 0.909. The summed E-state index contributed by atoms with van der Waals surface area (Å²) in [5.41, 5.74) is 2.16. The number of hydrogen-bond acceptors (Lipinski definition) is 3. The predicted octanol–water partition coefficient (Wildman–Crippen LogP) is 1.02. The maximum Gasteiger partial charge on any atom is 0.233 e. The molecule has 0 aromatic heterocycles. The molecule has 0 heterocycles. The summed E-state index contributed by atoms with van der Waals surface area (Å²) >= 11 is 0. The molecule has 0 spiro atoms. The van der Waals surface area contributed by atoms with Crippen molar-refractivity contribution in [2.75, 3.05) is 13.1 Å². The maximum absolute atomic E-state index is 10.9. The van der Waals surface area contributed by atoms with Crippen LogP contribution in [0.1, 0.15) is 45.4 Å². The summed E-state index contributed by atoms with van der Waals surface area (Å²) in [4.78, 5) is 13.4. The molecule has 0 bridgehead atoms. The maximum atomic E-state index is 10.9. The number of nitrogens with one attached hydrogen (secondary N) is 1. The van der Waals surface area contributed by atoms with Crippen LogP contribution in [0.5, 0.6) is 0 Å². The molecular weight excluding hydrogens is 190 g/mol. The molecule has 15 heavy (non-hydrogen) atoms. The van der Waals surface area contributed by atoms with Crippen LogP contribution in [0.2, 0.25) is 0 Å². The minimum atomic E-state index is -0.0523. The van der Waals surface area contributed by atoms with Gasteiger partial charge in [-0.25, -0.2) is 5.84 Å². The van der Waals surface area contributed by atoms with Gasteiger partial charge in [0, 0.05) is 12.5 Å². The van der Waals surface area contributed by atoms with E-state index in [9.17, 15) is 4.79 Å². The largest absolute Gasteiger partial charge is 0.300 e. The van der Waals surface area contributed by atoms with Gasteiger partial charge in [-0.15, -0.1) is 0 Å². The van der Waals surface area contributed by atoms with Crippen LogP contribution in [0.4, 0.5) is 0 Å². The second-order valence-corrected chi connectivity index (χ2v) is 4.29. The Morgan fingerprint density at radius 1 is 1.40 bits per heavy atom. The number of unbranched alkanes of at least 4 members (excludes halogenated alkanes) is 1. The summed E-state index contributed by atoms with van der Waals surface area (Å²) < 4.78 is 0. The summed E-state index contributed by atoms with van der Waals surface area (Å²) in [5.74, 6) is 4.96. The van der Waals surface area contributed by atoms with E-state index in [-0.39, 0.29) is 5.91 Å². The predicted molar refractivity (Wildman–Crippen MR) is 61.1 cm³/mol. The first-order valence-electron chi connectivity index (χ1n) is 6.01. The number of nitrogens with zero attached hydrogens (tertiary/aromatic N) is 1. The molecule has 1 aliphatic carbocycles. The fourth-order valence-electron chi connectivity index (χ4n) is 1.88. The lowest BCUT2D eigenvalue weighted by Crippen LogP contribution is -2.30. The van der Waals surface area contributed by atoms with Crippen molar-refractivity contribution in [3.63, 3.8) is 0 Å². The lowest BCUT2D eigenvalue weighted by molar-refractivity contribution is -0.121. The molecule has 0 aromatic carbocycles. The Kier molecular flexibility index (Phi) is 5.65. The Labute approximate surface area is 92.2 Å². The van der Waals surface area contributed by atoms with E-state index in [0.717, 1.165) is 25.4 Å². The van der Waals surface area contributed by atoms with Crippen LogP contribution in [0.3, 0.4) is 0 Å². The lowest BCUT2D eigenvalue weighted by atomic mass is 10.2. The van der Waals surface area contributed by atoms with Crippen LogP contribution in [0.15, 0.2) is 0 Å². The molecular formula is C11H23N3O. The van der Waals surface area contributed by atoms with Crippen LogP contribution in [0, 0.1) is 0 Å². The van der Waals surface area contributed by atoms with E-state index >= 15 is 0 Å². The van der Waals surface area contributed by atoms with Crippen molar-refractivity contribution in [1.29, 1.82) is 0 Å². The Bertz CT molecular complexity index is 192. The van der Waals surface area contributed by atoms with E-state index in [1.807, 2.05) is 0 Å². The van der Waals surface area contributed by atoms with E-state index < -0.39 is 0 Å². The molecule has 0 atom stereocenters. The number of hydrazine groups is 1. The molecule has 1 amide bonds. The van der Waals surface area contributed by atoms with Crippen molar-refractivity contribution >= 4 is 5.91 Å². The molecule has 4 heteroatoms. The molecule has 1 saturated carbocycles. The number of rotatable bonds is 8. The molecule has 0 aromatic rings. The fourth-order valence-corrected chi connectivity index (χ4v) is 1.88. The third-order valence-electron chi connectivity index (χ3n) is 2.83. The summed E-state index contributed by atoms with van der Waals surface area (Å²) in [5, 5.41) is 0. The van der Waals surface area contributed by atoms with E-state index in [1.165, 1.54) is 25.8 Å². The quantitative estimate of drug-likeness (QED) is 0.274. The highest BCUT2D eigenvalue weighted by molar-refractivity contribution is 5.75. The van der Waals surface area contributed by atoms with Gasteiger partial charge in [-0.05, 0) is 45.2 Å². The molecule has 0 radical (unpaired) electrons. The SMILES string of the molecule is CCCN(CCCCC(=O)NN)C1CC1. The average molecular weight is 213 g/mol. The highest BCUT2D eigenvalue weighted by Gasteiger charge is 2.27. The number of carbonyl (C=O) groups excluding carboxylic acids is 1.